The Morgan fingerprint density at radius 3 is 2.57 bits per heavy atom. The van der Waals surface area contributed by atoms with E-state index in [1.807, 2.05) is 32.0 Å². The molecule has 28 heavy (non-hydrogen) atoms. The van der Waals surface area contributed by atoms with E-state index >= 15 is 0 Å². The van der Waals surface area contributed by atoms with Crippen molar-refractivity contribution in [3.63, 3.8) is 0 Å². The molecule has 1 heterocycles. The molecule has 0 saturated carbocycles. The number of hydrogen-bond donors (Lipinski definition) is 2. The highest BCUT2D eigenvalue weighted by atomic mass is 35.5. The van der Waals surface area contributed by atoms with Crippen LogP contribution in [0.2, 0.25) is 5.02 Å². The van der Waals surface area contributed by atoms with Crippen molar-refractivity contribution in [3.8, 4) is 11.5 Å². The molecule has 1 aliphatic heterocycles. The second-order valence-electron chi connectivity index (χ2n) is 6.85. The van der Waals surface area contributed by atoms with Gasteiger partial charge in [-0.05, 0) is 61.7 Å². The minimum atomic E-state index is -0.850. The van der Waals surface area contributed by atoms with Gasteiger partial charge in [-0.15, -0.1) is 11.8 Å². The molecular formula is C21H24ClNO4S. The van der Waals surface area contributed by atoms with E-state index in [9.17, 15) is 9.90 Å². The number of carbonyl (C=O) groups is 1. The van der Waals surface area contributed by atoms with Gasteiger partial charge in [0.05, 0.1) is 5.37 Å². The topological polar surface area (TPSA) is 67.8 Å². The normalized spacial score (nSPS) is 18.9. The van der Waals surface area contributed by atoms with Crippen molar-refractivity contribution in [1.82, 2.24) is 5.32 Å². The largest absolute Gasteiger partial charge is 0.490 e. The van der Waals surface area contributed by atoms with Crippen molar-refractivity contribution in [2.75, 3.05) is 19.0 Å². The van der Waals surface area contributed by atoms with Gasteiger partial charge in [-0.3, -0.25) is 10.1 Å². The highest BCUT2D eigenvalue weighted by Crippen LogP contribution is 2.39. The number of hydrogen-bond acceptors (Lipinski definition) is 5. The molecule has 1 saturated heterocycles. The van der Waals surface area contributed by atoms with Crippen LogP contribution in [0, 0.1) is 20.8 Å². The van der Waals surface area contributed by atoms with Gasteiger partial charge in [-0.2, -0.15) is 0 Å². The first-order chi connectivity index (χ1) is 13.3. The van der Waals surface area contributed by atoms with Crippen molar-refractivity contribution in [3.05, 3.63) is 57.6 Å². The molecule has 2 aromatic carbocycles. The number of aliphatic carboxylic acids is 1. The van der Waals surface area contributed by atoms with Gasteiger partial charge in [0.1, 0.15) is 30.8 Å². The summed E-state index contributed by atoms with van der Waals surface area (Å²) in [7, 11) is 0. The van der Waals surface area contributed by atoms with E-state index in [1.165, 1.54) is 17.3 Å². The average Bonchev–Trinajstić information content (AvgIpc) is 3.13. The molecule has 5 nitrogen and oxygen atoms in total. The Morgan fingerprint density at radius 2 is 1.89 bits per heavy atom. The second-order valence-corrected chi connectivity index (χ2v) is 8.43. The quantitative estimate of drug-likeness (QED) is 0.641. The van der Waals surface area contributed by atoms with Crippen LogP contribution in [0.25, 0.3) is 0 Å². The standard InChI is InChI=1S/C21H24ClNO4S/c1-12-8-13(2)14(3)19(9-12)27-7-6-26-18-5-4-15(22)10-16(18)20-23-17(11-28-20)21(24)25/h4-5,8-10,17,20,23H,6-7,11H2,1-3H3,(H,24,25). The van der Waals surface area contributed by atoms with Crippen LogP contribution in [0.15, 0.2) is 30.3 Å². The maximum absolute atomic E-state index is 11.2. The van der Waals surface area contributed by atoms with Crippen molar-refractivity contribution in [1.29, 1.82) is 0 Å². The first kappa shape index (κ1) is 20.8. The Kier molecular flexibility index (Phi) is 6.75. The van der Waals surface area contributed by atoms with Crippen molar-refractivity contribution in [2.45, 2.75) is 32.2 Å². The molecule has 0 bridgehead atoms. The van der Waals surface area contributed by atoms with Gasteiger partial charge in [-0.1, -0.05) is 17.7 Å². The van der Waals surface area contributed by atoms with Crippen molar-refractivity contribution >= 4 is 29.3 Å². The van der Waals surface area contributed by atoms with Crippen LogP contribution in [0.3, 0.4) is 0 Å². The van der Waals surface area contributed by atoms with Crippen LogP contribution in [-0.2, 0) is 4.79 Å². The van der Waals surface area contributed by atoms with Gasteiger partial charge in [0.2, 0.25) is 0 Å². The molecule has 2 aromatic rings. The lowest BCUT2D eigenvalue weighted by atomic mass is 10.1. The number of thioether (sulfide) groups is 1. The third kappa shape index (κ3) is 4.93. The summed E-state index contributed by atoms with van der Waals surface area (Å²) in [6.07, 6.45) is 0. The fraction of sp³-hybridized carbons (Fsp3) is 0.381. The molecule has 0 spiro atoms. The number of nitrogens with one attached hydrogen (secondary N) is 1. The fourth-order valence-electron chi connectivity index (χ4n) is 3.10. The maximum Gasteiger partial charge on any atom is 0.321 e. The lowest BCUT2D eigenvalue weighted by Crippen LogP contribution is -2.33. The summed E-state index contributed by atoms with van der Waals surface area (Å²) in [5.74, 6) is 1.20. The Hall–Kier alpha value is -1.89. The van der Waals surface area contributed by atoms with Crippen LogP contribution < -0.4 is 14.8 Å². The lowest BCUT2D eigenvalue weighted by Gasteiger charge is -2.18. The fourth-order valence-corrected chi connectivity index (χ4v) is 4.53. The van der Waals surface area contributed by atoms with E-state index in [1.54, 1.807) is 6.07 Å². The molecule has 0 aliphatic carbocycles. The minimum absolute atomic E-state index is 0.169. The third-order valence-corrected chi connectivity index (χ3v) is 6.18. The maximum atomic E-state index is 11.2. The first-order valence-corrected chi connectivity index (χ1v) is 10.5. The van der Waals surface area contributed by atoms with Crippen LogP contribution >= 0.6 is 23.4 Å². The molecular weight excluding hydrogens is 398 g/mol. The number of carboxylic acids is 1. The van der Waals surface area contributed by atoms with Crippen LogP contribution in [0.1, 0.15) is 27.6 Å². The molecule has 0 radical (unpaired) electrons. The molecule has 2 atom stereocenters. The molecule has 2 unspecified atom stereocenters. The lowest BCUT2D eigenvalue weighted by molar-refractivity contribution is -0.138. The van der Waals surface area contributed by atoms with Crippen LogP contribution in [-0.4, -0.2) is 36.1 Å². The molecule has 3 rings (SSSR count). The second kappa shape index (κ2) is 9.07. The van der Waals surface area contributed by atoms with Crippen LogP contribution in [0.4, 0.5) is 0 Å². The summed E-state index contributed by atoms with van der Waals surface area (Å²) in [5, 5.41) is 12.7. The number of halogens is 1. The molecule has 1 fully saturated rings. The number of rotatable bonds is 7. The van der Waals surface area contributed by atoms with E-state index in [2.05, 4.69) is 18.3 Å². The van der Waals surface area contributed by atoms with Gasteiger partial charge >= 0.3 is 5.97 Å². The number of carboxylic acid groups (broad SMARTS) is 1. The number of aryl methyl sites for hydroxylation is 2. The van der Waals surface area contributed by atoms with E-state index in [0.717, 1.165) is 22.4 Å². The summed E-state index contributed by atoms with van der Waals surface area (Å²) in [5.41, 5.74) is 4.34. The zero-order chi connectivity index (χ0) is 20.3. The van der Waals surface area contributed by atoms with Crippen molar-refractivity contribution < 1.29 is 19.4 Å². The Bertz CT molecular complexity index is 874. The van der Waals surface area contributed by atoms with Crippen molar-refractivity contribution in [2.24, 2.45) is 0 Å². The van der Waals surface area contributed by atoms with E-state index in [-0.39, 0.29) is 5.37 Å². The zero-order valence-corrected chi connectivity index (χ0v) is 17.7. The summed E-state index contributed by atoms with van der Waals surface area (Å²) in [6, 6.07) is 8.99. The molecule has 1 aliphatic rings. The van der Waals surface area contributed by atoms with E-state index in [4.69, 9.17) is 21.1 Å². The third-order valence-electron chi connectivity index (χ3n) is 4.70. The molecule has 150 valence electrons. The van der Waals surface area contributed by atoms with Gasteiger partial charge < -0.3 is 14.6 Å². The minimum Gasteiger partial charge on any atom is -0.490 e. The summed E-state index contributed by atoms with van der Waals surface area (Å²) in [6.45, 7) is 6.95. The first-order valence-electron chi connectivity index (χ1n) is 9.08. The smallest absolute Gasteiger partial charge is 0.321 e. The SMILES string of the molecule is Cc1cc(C)c(C)c(OCCOc2ccc(Cl)cc2C2NC(C(=O)O)CS2)c1. The van der Waals surface area contributed by atoms with Crippen LogP contribution in [0.5, 0.6) is 11.5 Å². The summed E-state index contributed by atoms with van der Waals surface area (Å²) >= 11 is 7.68. The Morgan fingerprint density at radius 1 is 1.18 bits per heavy atom. The Labute approximate surface area is 174 Å². The average molecular weight is 422 g/mol. The molecule has 0 amide bonds. The summed E-state index contributed by atoms with van der Waals surface area (Å²) in [4.78, 5) is 11.2. The highest BCUT2D eigenvalue weighted by molar-refractivity contribution is 7.99. The van der Waals surface area contributed by atoms with E-state index in [0.29, 0.717) is 29.7 Å². The molecule has 0 aromatic heterocycles. The van der Waals surface area contributed by atoms with Gasteiger partial charge in [0.25, 0.3) is 0 Å². The predicted octanol–water partition coefficient (Wildman–Crippen LogP) is 4.51. The molecule has 2 N–H and O–H groups in total. The van der Waals surface area contributed by atoms with Gasteiger partial charge in [0.15, 0.2) is 0 Å². The Balaban J connectivity index is 1.63. The molecule has 7 heteroatoms. The van der Waals surface area contributed by atoms with Gasteiger partial charge in [0, 0.05) is 16.3 Å². The zero-order valence-electron chi connectivity index (χ0n) is 16.1. The number of ether oxygens (including phenoxy) is 2. The van der Waals surface area contributed by atoms with E-state index < -0.39 is 12.0 Å². The monoisotopic (exact) mass is 421 g/mol. The summed E-state index contributed by atoms with van der Waals surface area (Å²) < 4.78 is 11.8. The predicted molar refractivity (Wildman–Crippen MR) is 113 cm³/mol. The highest BCUT2D eigenvalue weighted by Gasteiger charge is 2.32. The van der Waals surface area contributed by atoms with Gasteiger partial charge in [-0.25, -0.2) is 0 Å². The number of benzene rings is 2.